The summed E-state index contributed by atoms with van der Waals surface area (Å²) in [5.41, 5.74) is 2.04. The maximum atomic E-state index is 13.1. The minimum absolute atomic E-state index is 0.134. The van der Waals surface area contributed by atoms with Crippen LogP contribution in [0.3, 0.4) is 0 Å². The van der Waals surface area contributed by atoms with Gasteiger partial charge >= 0.3 is 5.97 Å². The van der Waals surface area contributed by atoms with Gasteiger partial charge in [0, 0.05) is 13.1 Å². The van der Waals surface area contributed by atoms with Crippen molar-refractivity contribution in [3.8, 4) is 0 Å². The van der Waals surface area contributed by atoms with E-state index in [9.17, 15) is 14.0 Å². The normalized spacial score (nSPS) is 19.7. The zero-order chi connectivity index (χ0) is 20.4. The number of halogens is 1. The summed E-state index contributed by atoms with van der Waals surface area (Å²) in [5.74, 6) is -0.744. The smallest absolute Gasteiger partial charge is 0.309 e. The molecule has 8 heteroatoms. The summed E-state index contributed by atoms with van der Waals surface area (Å²) in [6, 6.07) is 6.25. The van der Waals surface area contributed by atoms with Gasteiger partial charge in [0.05, 0.1) is 37.7 Å². The van der Waals surface area contributed by atoms with Crippen LogP contribution in [-0.4, -0.2) is 46.0 Å². The van der Waals surface area contributed by atoms with E-state index in [-0.39, 0.29) is 36.3 Å². The molecule has 0 unspecified atom stereocenters. The first-order valence-electron chi connectivity index (χ1n) is 9.93. The van der Waals surface area contributed by atoms with Crippen molar-refractivity contribution in [1.82, 2.24) is 14.5 Å². The fourth-order valence-corrected chi connectivity index (χ4v) is 3.91. The molecular formula is C21H24FN3O4. The third-order valence-corrected chi connectivity index (χ3v) is 5.58. The van der Waals surface area contributed by atoms with E-state index in [0.29, 0.717) is 44.8 Å². The predicted molar refractivity (Wildman–Crippen MR) is 101 cm³/mol. The van der Waals surface area contributed by atoms with E-state index >= 15 is 0 Å². The highest BCUT2D eigenvalue weighted by Gasteiger charge is 2.32. The number of nitrogens with zero attached hydrogens (tertiary/aromatic N) is 3. The molecule has 0 radical (unpaired) electrons. The van der Waals surface area contributed by atoms with Crippen molar-refractivity contribution in [2.24, 2.45) is 5.92 Å². The van der Waals surface area contributed by atoms with E-state index in [1.807, 2.05) is 4.57 Å². The van der Waals surface area contributed by atoms with Crippen LogP contribution in [-0.2, 0) is 27.4 Å². The largest absolute Gasteiger partial charge is 0.466 e. The van der Waals surface area contributed by atoms with E-state index in [1.165, 1.54) is 12.1 Å². The second kappa shape index (κ2) is 8.32. The highest BCUT2D eigenvalue weighted by Crippen LogP contribution is 2.29. The fourth-order valence-electron chi connectivity index (χ4n) is 3.91. The molecule has 7 nitrogen and oxygen atoms in total. The van der Waals surface area contributed by atoms with E-state index < -0.39 is 0 Å². The van der Waals surface area contributed by atoms with Crippen LogP contribution in [0.25, 0.3) is 0 Å². The van der Waals surface area contributed by atoms with Crippen molar-refractivity contribution in [1.29, 1.82) is 0 Å². The second-order valence-electron chi connectivity index (χ2n) is 7.36. The Bertz CT molecular complexity index is 888. The number of hydrogen-bond donors (Lipinski definition) is 0. The molecule has 4 rings (SSSR count). The zero-order valence-corrected chi connectivity index (χ0v) is 16.3. The third-order valence-electron chi connectivity index (χ3n) is 5.58. The van der Waals surface area contributed by atoms with Crippen LogP contribution >= 0.6 is 0 Å². The number of rotatable bonds is 4. The molecule has 29 heavy (non-hydrogen) atoms. The van der Waals surface area contributed by atoms with E-state index in [1.54, 1.807) is 30.3 Å². The standard InChI is InChI=1S/C21H24FN3O4/c1-2-28-21(27)15-7-9-24(10-8-15)20(26)19-17-12-29-18(11-25(17)13-23-19)14-3-5-16(22)6-4-14/h3-6,13,15,18H,2,7-12H2,1H3/t18-/m0/s1. The van der Waals surface area contributed by atoms with Crippen LogP contribution in [0.15, 0.2) is 30.6 Å². The van der Waals surface area contributed by atoms with Gasteiger partial charge in [0.15, 0.2) is 5.69 Å². The monoisotopic (exact) mass is 401 g/mol. The lowest BCUT2D eigenvalue weighted by molar-refractivity contribution is -0.149. The van der Waals surface area contributed by atoms with Crippen molar-refractivity contribution < 1.29 is 23.5 Å². The van der Waals surface area contributed by atoms with Gasteiger partial charge in [-0.15, -0.1) is 0 Å². The number of hydrogen-bond acceptors (Lipinski definition) is 5. The Kier molecular flexibility index (Phi) is 5.62. The molecule has 1 aromatic heterocycles. The summed E-state index contributed by atoms with van der Waals surface area (Å²) in [7, 11) is 0. The molecule has 0 saturated carbocycles. The molecule has 2 aliphatic heterocycles. The average Bonchev–Trinajstić information content (AvgIpc) is 3.17. The van der Waals surface area contributed by atoms with Crippen LogP contribution < -0.4 is 0 Å². The summed E-state index contributed by atoms with van der Waals surface area (Å²) in [4.78, 5) is 30.9. The van der Waals surface area contributed by atoms with Crippen LogP contribution in [0.4, 0.5) is 4.39 Å². The van der Waals surface area contributed by atoms with Crippen molar-refractivity contribution in [2.45, 2.75) is 39.0 Å². The second-order valence-corrected chi connectivity index (χ2v) is 7.36. The minimum atomic E-state index is -0.285. The van der Waals surface area contributed by atoms with Gasteiger partial charge in [-0.05, 0) is 37.5 Å². The maximum absolute atomic E-state index is 13.1. The molecule has 0 N–H and O–H groups in total. The molecular weight excluding hydrogens is 377 g/mol. The number of likely N-dealkylation sites (tertiary alicyclic amines) is 1. The Morgan fingerprint density at radius 1 is 1.24 bits per heavy atom. The minimum Gasteiger partial charge on any atom is -0.466 e. The highest BCUT2D eigenvalue weighted by atomic mass is 19.1. The van der Waals surface area contributed by atoms with Gasteiger partial charge in [0.25, 0.3) is 5.91 Å². The van der Waals surface area contributed by atoms with Crippen molar-refractivity contribution in [3.05, 3.63) is 53.4 Å². The number of piperidine rings is 1. The van der Waals surface area contributed by atoms with Crippen molar-refractivity contribution >= 4 is 11.9 Å². The molecule has 0 aliphatic carbocycles. The molecule has 2 aliphatic rings. The van der Waals surface area contributed by atoms with Gasteiger partial charge in [0.1, 0.15) is 11.9 Å². The summed E-state index contributed by atoms with van der Waals surface area (Å²) in [5, 5.41) is 0. The van der Waals surface area contributed by atoms with Crippen LogP contribution in [0.5, 0.6) is 0 Å². The fraction of sp³-hybridized carbons (Fsp3) is 0.476. The van der Waals surface area contributed by atoms with E-state index in [4.69, 9.17) is 9.47 Å². The predicted octanol–water partition coefficient (Wildman–Crippen LogP) is 2.71. The van der Waals surface area contributed by atoms with E-state index in [2.05, 4.69) is 4.98 Å². The highest BCUT2D eigenvalue weighted by molar-refractivity contribution is 5.93. The lowest BCUT2D eigenvalue weighted by atomic mass is 9.96. The van der Waals surface area contributed by atoms with Crippen molar-refractivity contribution in [2.75, 3.05) is 19.7 Å². The number of ether oxygens (including phenoxy) is 2. The molecule has 154 valence electrons. The van der Waals surface area contributed by atoms with Crippen LogP contribution in [0.1, 0.15) is 47.6 Å². The first-order chi connectivity index (χ1) is 14.1. The van der Waals surface area contributed by atoms with Gasteiger partial charge in [-0.2, -0.15) is 0 Å². The van der Waals surface area contributed by atoms with Gasteiger partial charge in [-0.25, -0.2) is 9.37 Å². The van der Waals surface area contributed by atoms with Gasteiger partial charge in [-0.1, -0.05) is 12.1 Å². The molecule has 1 fully saturated rings. The molecule has 1 saturated heterocycles. The molecule has 3 heterocycles. The Balaban J connectivity index is 1.41. The lowest BCUT2D eigenvalue weighted by Gasteiger charge is -2.31. The molecule has 0 spiro atoms. The van der Waals surface area contributed by atoms with Crippen molar-refractivity contribution in [3.63, 3.8) is 0 Å². The maximum Gasteiger partial charge on any atom is 0.309 e. The molecule has 1 aromatic carbocycles. The number of benzene rings is 1. The molecule has 0 bridgehead atoms. The average molecular weight is 401 g/mol. The van der Waals surface area contributed by atoms with Gasteiger partial charge < -0.3 is 18.9 Å². The molecule has 2 aromatic rings. The Morgan fingerprint density at radius 3 is 2.66 bits per heavy atom. The number of fused-ring (bicyclic) bond motifs is 1. The zero-order valence-electron chi connectivity index (χ0n) is 16.3. The third kappa shape index (κ3) is 4.03. The number of imidazole rings is 1. The summed E-state index contributed by atoms with van der Waals surface area (Å²) < 4.78 is 26.1. The van der Waals surface area contributed by atoms with E-state index in [0.717, 1.165) is 11.3 Å². The quantitative estimate of drug-likeness (QED) is 0.737. The Hall–Kier alpha value is -2.74. The van der Waals surface area contributed by atoms with Crippen LogP contribution in [0.2, 0.25) is 0 Å². The Morgan fingerprint density at radius 2 is 1.97 bits per heavy atom. The number of aromatic nitrogens is 2. The summed E-state index contributed by atoms with van der Waals surface area (Å²) >= 11 is 0. The number of carbonyl (C=O) groups is 2. The SMILES string of the molecule is CCOC(=O)C1CCN(C(=O)c2ncn3c2CO[C@H](c2ccc(F)cc2)C3)CC1. The first-order valence-corrected chi connectivity index (χ1v) is 9.93. The Labute approximate surface area is 168 Å². The first kappa shape index (κ1) is 19.6. The number of carbonyl (C=O) groups excluding carboxylic acids is 2. The molecule has 1 atom stereocenters. The lowest BCUT2D eigenvalue weighted by Crippen LogP contribution is -2.41. The topological polar surface area (TPSA) is 73.7 Å². The summed E-state index contributed by atoms with van der Waals surface area (Å²) in [6.45, 7) is 3.97. The van der Waals surface area contributed by atoms with Gasteiger partial charge in [0.2, 0.25) is 0 Å². The van der Waals surface area contributed by atoms with Gasteiger partial charge in [-0.3, -0.25) is 9.59 Å². The molecule has 1 amide bonds. The number of esters is 1. The van der Waals surface area contributed by atoms with Crippen LogP contribution in [0, 0.1) is 11.7 Å². The number of amides is 1. The summed E-state index contributed by atoms with van der Waals surface area (Å²) in [6.07, 6.45) is 2.65.